The number of hydrogen-bond acceptors (Lipinski definition) is 2. The van der Waals surface area contributed by atoms with Crippen molar-refractivity contribution >= 4 is 22.6 Å². The van der Waals surface area contributed by atoms with Gasteiger partial charge in [-0.1, -0.05) is 24.1 Å². The van der Waals surface area contributed by atoms with Crippen molar-refractivity contribution in [1.82, 2.24) is 9.97 Å². The summed E-state index contributed by atoms with van der Waals surface area (Å²) in [4.78, 5) is 7.93. The summed E-state index contributed by atoms with van der Waals surface area (Å²) in [5, 5.41) is 0.709. The Morgan fingerprint density at radius 3 is 2.82 bits per heavy atom. The van der Waals surface area contributed by atoms with Gasteiger partial charge < -0.3 is 10.7 Å². The van der Waals surface area contributed by atoms with Crippen LogP contribution in [-0.2, 0) is 6.42 Å². The van der Waals surface area contributed by atoms with Gasteiger partial charge in [-0.2, -0.15) is 0 Å². The maximum absolute atomic E-state index is 6.12. The van der Waals surface area contributed by atoms with E-state index in [0.717, 1.165) is 29.8 Å². The smallest absolute Gasteiger partial charge is 0.107 e. The highest BCUT2D eigenvalue weighted by atomic mass is 35.5. The van der Waals surface area contributed by atoms with Crippen molar-refractivity contribution in [3.63, 3.8) is 0 Å². The number of imidazole rings is 1. The number of benzene rings is 1. The van der Waals surface area contributed by atoms with Crippen LogP contribution in [0.1, 0.15) is 25.1 Å². The number of fused-ring (bicyclic) bond motifs is 1. The second-order valence-corrected chi connectivity index (χ2v) is 5.46. The Labute approximate surface area is 105 Å². The van der Waals surface area contributed by atoms with Crippen LogP contribution < -0.4 is 5.73 Å². The van der Waals surface area contributed by atoms with Gasteiger partial charge in [-0.15, -0.1) is 0 Å². The molecule has 4 heteroatoms. The number of aromatic nitrogens is 2. The Hall–Kier alpha value is -1.06. The molecule has 0 unspecified atom stereocenters. The van der Waals surface area contributed by atoms with E-state index in [1.54, 1.807) is 0 Å². The monoisotopic (exact) mass is 249 g/mol. The van der Waals surface area contributed by atoms with E-state index in [0.29, 0.717) is 5.02 Å². The lowest BCUT2D eigenvalue weighted by Gasteiger charge is -2.40. The first-order valence-corrected chi connectivity index (χ1v) is 6.43. The molecule has 0 aliphatic heterocycles. The molecule has 3 rings (SSSR count). The SMILES string of the molecule is NCC1(Cc2nc3c(Cl)cccc3[nH]2)CCC1. The predicted octanol–water partition coefficient (Wildman–Crippen LogP) is 2.89. The molecule has 3 nitrogen and oxygen atoms in total. The van der Waals surface area contributed by atoms with E-state index >= 15 is 0 Å². The van der Waals surface area contributed by atoms with Crippen molar-refractivity contribution in [3.8, 4) is 0 Å². The number of H-pyrrole nitrogens is 1. The van der Waals surface area contributed by atoms with E-state index in [-0.39, 0.29) is 5.41 Å². The molecular weight excluding hydrogens is 234 g/mol. The quantitative estimate of drug-likeness (QED) is 0.879. The Bertz CT molecular complexity index is 537. The van der Waals surface area contributed by atoms with Crippen molar-refractivity contribution in [2.75, 3.05) is 6.54 Å². The fourth-order valence-electron chi connectivity index (χ4n) is 2.62. The second-order valence-electron chi connectivity index (χ2n) is 5.05. The third-order valence-corrected chi connectivity index (χ3v) is 4.21. The van der Waals surface area contributed by atoms with Gasteiger partial charge in [0.15, 0.2) is 0 Å². The number of hydrogen-bond donors (Lipinski definition) is 2. The van der Waals surface area contributed by atoms with Gasteiger partial charge in [0.05, 0.1) is 10.5 Å². The van der Waals surface area contributed by atoms with Crippen LogP contribution in [0.3, 0.4) is 0 Å². The minimum absolute atomic E-state index is 0.278. The normalized spacial score (nSPS) is 18.2. The van der Waals surface area contributed by atoms with Crippen LogP contribution >= 0.6 is 11.6 Å². The van der Waals surface area contributed by atoms with Gasteiger partial charge in [0.25, 0.3) is 0 Å². The largest absolute Gasteiger partial charge is 0.342 e. The highest BCUT2D eigenvalue weighted by Gasteiger charge is 2.36. The fourth-order valence-corrected chi connectivity index (χ4v) is 2.83. The van der Waals surface area contributed by atoms with Crippen LogP contribution in [0.15, 0.2) is 18.2 Å². The summed E-state index contributed by atoms with van der Waals surface area (Å²) in [5.74, 6) is 1.01. The number of halogens is 1. The van der Waals surface area contributed by atoms with Crippen molar-refractivity contribution < 1.29 is 0 Å². The van der Waals surface area contributed by atoms with E-state index in [2.05, 4.69) is 9.97 Å². The molecule has 1 aliphatic carbocycles. The number of aromatic amines is 1. The molecular formula is C13H16ClN3. The van der Waals surface area contributed by atoms with Crippen molar-refractivity contribution in [2.24, 2.45) is 11.1 Å². The molecule has 0 bridgehead atoms. The summed E-state index contributed by atoms with van der Waals surface area (Å²) in [6, 6.07) is 5.82. The van der Waals surface area contributed by atoms with E-state index in [1.807, 2.05) is 18.2 Å². The maximum Gasteiger partial charge on any atom is 0.107 e. The number of rotatable bonds is 3. The van der Waals surface area contributed by atoms with Crippen LogP contribution in [-0.4, -0.2) is 16.5 Å². The number of nitrogens with two attached hydrogens (primary N) is 1. The van der Waals surface area contributed by atoms with Gasteiger partial charge in [0.2, 0.25) is 0 Å². The summed E-state index contributed by atoms with van der Waals surface area (Å²) >= 11 is 6.12. The molecule has 0 saturated heterocycles. The van der Waals surface area contributed by atoms with Gasteiger partial charge in [-0.25, -0.2) is 4.98 Å². The highest BCUT2D eigenvalue weighted by molar-refractivity contribution is 6.34. The van der Waals surface area contributed by atoms with Crippen LogP contribution in [0.2, 0.25) is 5.02 Å². The molecule has 1 aromatic heterocycles. The van der Waals surface area contributed by atoms with E-state index in [1.165, 1.54) is 19.3 Å². The van der Waals surface area contributed by atoms with Crippen LogP contribution in [0.25, 0.3) is 11.0 Å². The summed E-state index contributed by atoms with van der Waals surface area (Å²) in [6.45, 7) is 0.748. The molecule has 0 atom stereocenters. The summed E-state index contributed by atoms with van der Waals surface area (Å²) < 4.78 is 0. The summed E-state index contributed by atoms with van der Waals surface area (Å²) in [6.07, 6.45) is 4.66. The van der Waals surface area contributed by atoms with Gasteiger partial charge in [0.1, 0.15) is 11.3 Å². The third kappa shape index (κ3) is 1.83. The van der Waals surface area contributed by atoms with Crippen LogP contribution in [0.4, 0.5) is 0 Å². The molecule has 0 spiro atoms. The van der Waals surface area contributed by atoms with Gasteiger partial charge >= 0.3 is 0 Å². The zero-order valence-electron chi connectivity index (χ0n) is 9.67. The predicted molar refractivity (Wildman–Crippen MR) is 70.1 cm³/mol. The maximum atomic E-state index is 6.12. The van der Waals surface area contributed by atoms with Crippen molar-refractivity contribution in [1.29, 1.82) is 0 Å². The molecule has 90 valence electrons. The third-order valence-electron chi connectivity index (χ3n) is 3.90. The molecule has 1 fully saturated rings. The van der Waals surface area contributed by atoms with Gasteiger partial charge in [-0.3, -0.25) is 0 Å². The molecule has 3 N–H and O–H groups in total. The average Bonchev–Trinajstić information content (AvgIpc) is 2.68. The first-order valence-electron chi connectivity index (χ1n) is 6.06. The molecule has 0 amide bonds. The lowest BCUT2D eigenvalue weighted by atomic mass is 9.66. The topological polar surface area (TPSA) is 54.7 Å². The summed E-state index contributed by atoms with van der Waals surface area (Å²) in [5.41, 5.74) is 8.04. The standard InChI is InChI=1S/C13H16ClN3/c14-9-3-1-4-10-12(9)17-11(16-10)7-13(8-15)5-2-6-13/h1,3-4H,2,5-8,15H2,(H,16,17). The Morgan fingerprint density at radius 2 is 2.24 bits per heavy atom. The molecule has 1 aliphatic rings. The van der Waals surface area contributed by atoms with Gasteiger partial charge in [0, 0.05) is 6.42 Å². The zero-order valence-corrected chi connectivity index (χ0v) is 10.4. The number of nitrogens with zero attached hydrogens (tertiary/aromatic N) is 1. The molecule has 1 saturated carbocycles. The zero-order chi connectivity index (χ0) is 11.9. The molecule has 2 aromatic rings. The second kappa shape index (κ2) is 4.00. The minimum atomic E-state index is 0.278. The van der Waals surface area contributed by atoms with Crippen molar-refractivity contribution in [2.45, 2.75) is 25.7 Å². The van der Waals surface area contributed by atoms with E-state index in [9.17, 15) is 0 Å². The highest BCUT2D eigenvalue weighted by Crippen LogP contribution is 2.42. The first-order chi connectivity index (χ1) is 8.22. The number of para-hydroxylation sites is 1. The van der Waals surface area contributed by atoms with Crippen molar-refractivity contribution in [3.05, 3.63) is 29.0 Å². The molecule has 0 radical (unpaired) electrons. The van der Waals surface area contributed by atoms with Crippen LogP contribution in [0.5, 0.6) is 0 Å². The Balaban J connectivity index is 1.93. The van der Waals surface area contributed by atoms with E-state index in [4.69, 9.17) is 17.3 Å². The lowest BCUT2D eigenvalue weighted by molar-refractivity contribution is 0.142. The van der Waals surface area contributed by atoms with Gasteiger partial charge in [-0.05, 0) is 36.9 Å². The summed E-state index contributed by atoms with van der Waals surface area (Å²) in [7, 11) is 0. The Kier molecular flexibility index (Phi) is 2.60. The van der Waals surface area contributed by atoms with E-state index < -0.39 is 0 Å². The first kappa shape index (κ1) is 11.1. The number of nitrogens with one attached hydrogen (secondary N) is 1. The Morgan fingerprint density at radius 1 is 1.41 bits per heavy atom. The minimum Gasteiger partial charge on any atom is -0.342 e. The average molecular weight is 250 g/mol. The lowest BCUT2D eigenvalue weighted by Crippen LogP contribution is -2.39. The molecule has 1 aromatic carbocycles. The van der Waals surface area contributed by atoms with Crippen LogP contribution in [0, 0.1) is 5.41 Å². The molecule has 1 heterocycles. The fraction of sp³-hybridized carbons (Fsp3) is 0.462. The molecule has 17 heavy (non-hydrogen) atoms.